The fourth-order valence-electron chi connectivity index (χ4n) is 1.79. The molecule has 15 heavy (non-hydrogen) atoms. The van der Waals surface area contributed by atoms with Crippen molar-refractivity contribution in [2.45, 2.75) is 27.2 Å². The Morgan fingerprint density at radius 3 is 2.47 bits per heavy atom. The number of nitrogens with two attached hydrogens (primary N) is 1. The first kappa shape index (κ1) is 12.4. The van der Waals surface area contributed by atoms with Crippen molar-refractivity contribution >= 4 is 23.1 Å². The van der Waals surface area contributed by atoms with Crippen LogP contribution >= 0.6 is 12.2 Å². The molecule has 0 aromatic rings. The molecule has 3 N–H and O–H groups in total. The predicted molar refractivity (Wildman–Crippen MR) is 65.4 cm³/mol. The van der Waals surface area contributed by atoms with Gasteiger partial charge in [0, 0.05) is 6.54 Å². The lowest BCUT2D eigenvalue weighted by molar-refractivity contribution is -0.124. The van der Waals surface area contributed by atoms with Crippen LogP contribution in [0.3, 0.4) is 0 Å². The average Bonchev–Trinajstić information content (AvgIpc) is 2.77. The second kappa shape index (κ2) is 4.92. The first-order valence-electron chi connectivity index (χ1n) is 5.50. The molecule has 1 aliphatic rings. The minimum Gasteiger partial charge on any atom is -0.393 e. The third kappa shape index (κ3) is 3.45. The van der Waals surface area contributed by atoms with E-state index in [-0.39, 0.29) is 17.7 Å². The van der Waals surface area contributed by atoms with Crippen LogP contribution in [0.1, 0.15) is 27.2 Å². The largest absolute Gasteiger partial charge is 0.393 e. The number of hydrogen-bond donors (Lipinski definition) is 2. The van der Waals surface area contributed by atoms with E-state index < -0.39 is 0 Å². The molecule has 0 aromatic carbocycles. The van der Waals surface area contributed by atoms with Crippen molar-refractivity contribution in [2.75, 3.05) is 6.54 Å². The van der Waals surface area contributed by atoms with Crippen LogP contribution in [-0.4, -0.2) is 17.4 Å². The molecule has 1 aliphatic carbocycles. The summed E-state index contributed by atoms with van der Waals surface area (Å²) in [7, 11) is 0. The summed E-state index contributed by atoms with van der Waals surface area (Å²) >= 11 is 4.91. The minimum atomic E-state index is -0.325. The molecule has 0 bridgehead atoms. The predicted octanol–water partition coefficient (Wildman–Crippen LogP) is 1.32. The van der Waals surface area contributed by atoms with E-state index in [9.17, 15) is 4.79 Å². The van der Waals surface area contributed by atoms with Crippen LogP contribution in [0.5, 0.6) is 0 Å². The first-order valence-corrected chi connectivity index (χ1v) is 5.91. The Kier molecular flexibility index (Phi) is 4.08. The molecule has 4 heteroatoms. The molecule has 86 valence electrons. The number of rotatable bonds is 5. The van der Waals surface area contributed by atoms with Crippen molar-refractivity contribution in [2.24, 2.45) is 29.4 Å². The van der Waals surface area contributed by atoms with E-state index in [1.54, 1.807) is 0 Å². The lowest BCUT2D eigenvalue weighted by Gasteiger charge is -2.18. The fourth-order valence-corrected chi connectivity index (χ4v) is 2.16. The zero-order chi connectivity index (χ0) is 11.6. The molecule has 1 saturated carbocycles. The quantitative estimate of drug-likeness (QED) is 0.698. The second-order valence-corrected chi connectivity index (χ2v) is 5.31. The highest BCUT2D eigenvalue weighted by Gasteiger charge is 2.33. The van der Waals surface area contributed by atoms with Crippen molar-refractivity contribution in [3.63, 3.8) is 0 Å². The van der Waals surface area contributed by atoms with Crippen molar-refractivity contribution in [1.29, 1.82) is 0 Å². The summed E-state index contributed by atoms with van der Waals surface area (Å²) in [4.78, 5) is 12.1. The maximum atomic E-state index is 11.8. The minimum absolute atomic E-state index is 0.0170. The van der Waals surface area contributed by atoms with E-state index >= 15 is 0 Å². The number of carbonyl (C=O) groups is 1. The molecule has 0 spiro atoms. The van der Waals surface area contributed by atoms with Crippen LogP contribution in [-0.2, 0) is 4.79 Å². The van der Waals surface area contributed by atoms with Crippen molar-refractivity contribution in [1.82, 2.24) is 5.32 Å². The maximum absolute atomic E-state index is 11.8. The third-order valence-corrected chi connectivity index (χ3v) is 3.32. The standard InChI is InChI=1S/C11H20N2OS/c1-6(2)9(10(12)15)11(14)13-5-8-4-7(8)3/h6-9H,4-5H2,1-3H3,(H2,12,15)(H,13,14). The van der Waals surface area contributed by atoms with Gasteiger partial charge in [-0.1, -0.05) is 33.0 Å². The number of hydrogen-bond acceptors (Lipinski definition) is 2. The zero-order valence-electron chi connectivity index (χ0n) is 9.62. The van der Waals surface area contributed by atoms with Crippen LogP contribution in [0.15, 0.2) is 0 Å². The van der Waals surface area contributed by atoms with Crippen molar-refractivity contribution < 1.29 is 4.79 Å². The molecule has 0 heterocycles. The molecule has 1 rings (SSSR count). The molecule has 0 saturated heterocycles. The van der Waals surface area contributed by atoms with Crippen LogP contribution < -0.4 is 11.1 Å². The Morgan fingerprint density at radius 2 is 2.13 bits per heavy atom. The third-order valence-electron chi connectivity index (χ3n) is 3.07. The van der Waals surface area contributed by atoms with Gasteiger partial charge in [-0.15, -0.1) is 0 Å². The van der Waals surface area contributed by atoms with Gasteiger partial charge in [-0.3, -0.25) is 4.79 Å². The van der Waals surface area contributed by atoms with Gasteiger partial charge in [0.05, 0.1) is 10.9 Å². The summed E-state index contributed by atoms with van der Waals surface area (Å²) in [6, 6.07) is 0. The van der Waals surface area contributed by atoms with Crippen LogP contribution in [0, 0.1) is 23.7 Å². The Labute approximate surface area is 96.8 Å². The van der Waals surface area contributed by atoms with Crippen LogP contribution in [0.2, 0.25) is 0 Å². The zero-order valence-corrected chi connectivity index (χ0v) is 10.4. The van der Waals surface area contributed by atoms with Gasteiger partial charge in [0.2, 0.25) is 5.91 Å². The van der Waals surface area contributed by atoms with Crippen molar-refractivity contribution in [3.05, 3.63) is 0 Å². The van der Waals surface area contributed by atoms with E-state index in [1.807, 2.05) is 13.8 Å². The van der Waals surface area contributed by atoms with Gasteiger partial charge < -0.3 is 11.1 Å². The van der Waals surface area contributed by atoms with Gasteiger partial charge in [0.25, 0.3) is 0 Å². The maximum Gasteiger partial charge on any atom is 0.230 e. The van der Waals surface area contributed by atoms with Gasteiger partial charge in [-0.25, -0.2) is 0 Å². The van der Waals surface area contributed by atoms with E-state index in [1.165, 1.54) is 6.42 Å². The lowest BCUT2D eigenvalue weighted by Crippen LogP contribution is -2.41. The number of carbonyl (C=O) groups excluding carboxylic acids is 1. The number of thiocarbonyl (C=S) groups is 1. The molecule has 1 fully saturated rings. The van der Waals surface area contributed by atoms with E-state index in [0.717, 1.165) is 12.5 Å². The molecule has 0 aromatic heterocycles. The molecule has 3 nitrogen and oxygen atoms in total. The van der Waals surface area contributed by atoms with Gasteiger partial charge in [0.1, 0.15) is 0 Å². The van der Waals surface area contributed by atoms with Crippen molar-refractivity contribution in [3.8, 4) is 0 Å². The smallest absolute Gasteiger partial charge is 0.230 e. The molecule has 0 aliphatic heterocycles. The summed E-state index contributed by atoms with van der Waals surface area (Å²) in [5.74, 6) is 1.24. The summed E-state index contributed by atoms with van der Waals surface area (Å²) in [5.41, 5.74) is 5.56. The molecule has 3 atom stereocenters. The highest BCUT2D eigenvalue weighted by atomic mass is 32.1. The number of nitrogens with one attached hydrogen (secondary N) is 1. The Hall–Kier alpha value is -0.640. The van der Waals surface area contributed by atoms with Crippen LogP contribution in [0.4, 0.5) is 0 Å². The Morgan fingerprint density at radius 1 is 1.60 bits per heavy atom. The SMILES string of the molecule is CC(C)C(C(=O)NCC1CC1C)C(N)=S. The Balaban J connectivity index is 2.39. The summed E-state index contributed by atoms with van der Waals surface area (Å²) in [6.07, 6.45) is 1.22. The normalized spacial score (nSPS) is 26.1. The molecular weight excluding hydrogens is 208 g/mol. The highest BCUT2D eigenvalue weighted by molar-refractivity contribution is 7.80. The van der Waals surface area contributed by atoms with Gasteiger partial charge >= 0.3 is 0 Å². The molecule has 3 unspecified atom stereocenters. The van der Waals surface area contributed by atoms with E-state index in [0.29, 0.717) is 10.9 Å². The summed E-state index contributed by atoms with van der Waals surface area (Å²) in [5, 5.41) is 2.93. The molecule has 1 amide bonds. The van der Waals surface area contributed by atoms with Crippen LogP contribution in [0.25, 0.3) is 0 Å². The Bertz CT molecular complexity index is 265. The van der Waals surface area contributed by atoms with Gasteiger partial charge in [-0.05, 0) is 24.2 Å². The second-order valence-electron chi connectivity index (χ2n) is 4.84. The molecule has 0 radical (unpaired) electrons. The fraction of sp³-hybridized carbons (Fsp3) is 0.818. The monoisotopic (exact) mass is 228 g/mol. The lowest BCUT2D eigenvalue weighted by atomic mass is 9.95. The summed E-state index contributed by atoms with van der Waals surface area (Å²) < 4.78 is 0. The van der Waals surface area contributed by atoms with Gasteiger partial charge in [-0.2, -0.15) is 0 Å². The molecular formula is C11H20N2OS. The number of amides is 1. The first-order chi connectivity index (χ1) is 6.93. The topological polar surface area (TPSA) is 55.1 Å². The van der Waals surface area contributed by atoms with Gasteiger partial charge in [0.15, 0.2) is 0 Å². The van der Waals surface area contributed by atoms with E-state index in [2.05, 4.69) is 12.2 Å². The highest BCUT2D eigenvalue weighted by Crippen LogP contribution is 2.36. The van der Waals surface area contributed by atoms with E-state index in [4.69, 9.17) is 18.0 Å². The average molecular weight is 228 g/mol. The summed E-state index contributed by atoms with van der Waals surface area (Å²) in [6.45, 7) is 6.89.